The highest BCUT2D eigenvalue weighted by molar-refractivity contribution is 7.85. The maximum absolute atomic E-state index is 11.5. The van der Waals surface area contributed by atoms with Crippen LogP contribution in [0.15, 0.2) is 0 Å². The molecule has 0 aromatic heterocycles. The van der Waals surface area contributed by atoms with Crippen LogP contribution in [0.4, 0.5) is 0 Å². The van der Waals surface area contributed by atoms with Crippen LogP contribution in [0.2, 0.25) is 0 Å². The van der Waals surface area contributed by atoms with Crippen molar-refractivity contribution < 1.29 is 9.00 Å². The van der Waals surface area contributed by atoms with Crippen molar-refractivity contribution in [2.45, 2.75) is 31.7 Å². The maximum atomic E-state index is 11.5. The second kappa shape index (κ2) is 3.78. The van der Waals surface area contributed by atoms with Gasteiger partial charge in [0, 0.05) is 34.3 Å². The third-order valence-electron chi connectivity index (χ3n) is 2.90. The van der Waals surface area contributed by atoms with Crippen LogP contribution < -0.4 is 5.32 Å². The average molecular weight is 201 g/mol. The third kappa shape index (κ3) is 2.10. The zero-order valence-electron chi connectivity index (χ0n) is 7.62. The molecular weight excluding hydrogens is 186 g/mol. The summed E-state index contributed by atoms with van der Waals surface area (Å²) in [5.74, 6) is 1.87. The van der Waals surface area contributed by atoms with E-state index in [1.54, 1.807) is 0 Å². The molecule has 1 N–H and O–H groups in total. The topological polar surface area (TPSA) is 46.2 Å². The van der Waals surface area contributed by atoms with E-state index >= 15 is 0 Å². The second-order valence-electron chi connectivity index (χ2n) is 3.93. The van der Waals surface area contributed by atoms with Gasteiger partial charge in [-0.3, -0.25) is 9.00 Å². The van der Waals surface area contributed by atoms with Crippen molar-refractivity contribution in [2.75, 3.05) is 11.5 Å². The van der Waals surface area contributed by atoms with Crippen LogP contribution in [0, 0.1) is 5.92 Å². The number of hydrogen-bond acceptors (Lipinski definition) is 2. The van der Waals surface area contributed by atoms with Crippen molar-refractivity contribution in [3.8, 4) is 0 Å². The number of rotatable bonds is 2. The second-order valence-corrected chi connectivity index (χ2v) is 5.55. The standard InChI is InChI=1S/C9H15NO2S/c11-9(7-2-1-3-7)10-8-4-5-13(12)6-8/h7-8H,1-6H2,(H,10,11). The molecule has 1 amide bonds. The van der Waals surface area contributed by atoms with Crippen LogP contribution in [0.1, 0.15) is 25.7 Å². The predicted molar refractivity (Wildman–Crippen MR) is 51.8 cm³/mol. The highest BCUT2D eigenvalue weighted by Crippen LogP contribution is 2.26. The van der Waals surface area contributed by atoms with E-state index in [0.29, 0.717) is 5.75 Å². The van der Waals surface area contributed by atoms with Crippen LogP contribution >= 0.6 is 0 Å². The van der Waals surface area contributed by atoms with Gasteiger partial charge in [-0.2, -0.15) is 0 Å². The molecule has 1 saturated carbocycles. The van der Waals surface area contributed by atoms with Gasteiger partial charge >= 0.3 is 0 Å². The van der Waals surface area contributed by atoms with E-state index in [1.165, 1.54) is 6.42 Å². The Hall–Kier alpha value is -0.380. The van der Waals surface area contributed by atoms with E-state index in [1.807, 2.05) is 0 Å². The monoisotopic (exact) mass is 201 g/mol. The zero-order valence-corrected chi connectivity index (χ0v) is 8.44. The quantitative estimate of drug-likeness (QED) is 0.704. The molecule has 3 nitrogen and oxygen atoms in total. The maximum Gasteiger partial charge on any atom is 0.223 e. The van der Waals surface area contributed by atoms with E-state index in [4.69, 9.17) is 0 Å². The first-order valence-corrected chi connectivity index (χ1v) is 6.40. The molecule has 2 rings (SSSR count). The van der Waals surface area contributed by atoms with Crippen molar-refractivity contribution in [3.63, 3.8) is 0 Å². The molecule has 1 heterocycles. The molecule has 1 aliphatic carbocycles. The fraction of sp³-hybridized carbons (Fsp3) is 0.889. The van der Waals surface area contributed by atoms with E-state index in [-0.39, 0.29) is 17.9 Å². The lowest BCUT2D eigenvalue weighted by atomic mass is 9.84. The molecule has 0 bridgehead atoms. The van der Waals surface area contributed by atoms with E-state index in [0.717, 1.165) is 25.0 Å². The number of hydrogen-bond donors (Lipinski definition) is 1. The molecule has 1 aliphatic heterocycles. The fourth-order valence-electron chi connectivity index (χ4n) is 1.77. The van der Waals surface area contributed by atoms with Crippen LogP contribution in [-0.2, 0) is 15.6 Å². The van der Waals surface area contributed by atoms with E-state index in [2.05, 4.69) is 5.32 Å². The predicted octanol–water partition coefficient (Wildman–Crippen LogP) is 0.424. The first kappa shape index (κ1) is 9.19. The molecule has 4 heteroatoms. The normalized spacial score (nSPS) is 34.2. The Balaban J connectivity index is 1.77. The van der Waals surface area contributed by atoms with Gasteiger partial charge in [-0.25, -0.2) is 0 Å². The van der Waals surface area contributed by atoms with Gasteiger partial charge in [-0.1, -0.05) is 6.42 Å². The van der Waals surface area contributed by atoms with Crippen molar-refractivity contribution in [3.05, 3.63) is 0 Å². The van der Waals surface area contributed by atoms with Crippen LogP contribution in [0.3, 0.4) is 0 Å². The SMILES string of the molecule is O=C(NC1CCS(=O)C1)C1CCC1. The largest absolute Gasteiger partial charge is 0.352 e. The molecule has 2 unspecified atom stereocenters. The molecule has 13 heavy (non-hydrogen) atoms. The molecule has 0 spiro atoms. The van der Waals surface area contributed by atoms with Gasteiger partial charge in [-0.15, -0.1) is 0 Å². The summed E-state index contributed by atoms with van der Waals surface area (Å²) in [6, 6.07) is 0.189. The van der Waals surface area contributed by atoms with Gasteiger partial charge in [0.1, 0.15) is 0 Å². The Labute approximate surface area is 80.7 Å². The summed E-state index contributed by atoms with van der Waals surface area (Å²) in [4.78, 5) is 11.5. The van der Waals surface area contributed by atoms with Crippen molar-refractivity contribution in [2.24, 2.45) is 5.92 Å². The van der Waals surface area contributed by atoms with Gasteiger partial charge in [0.2, 0.25) is 5.91 Å². The summed E-state index contributed by atoms with van der Waals surface area (Å²) in [5.41, 5.74) is 0. The van der Waals surface area contributed by atoms with Crippen molar-refractivity contribution >= 4 is 16.7 Å². The number of carbonyl (C=O) groups excluding carboxylic acids is 1. The number of amides is 1. The Bertz CT molecular complexity index is 238. The van der Waals surface area contributed by atoms with Crippen molar-refractivity contribution in [1.82, 2.24) is 5.32 Å². The van der Waals surface area contributed by atoms with Gasteiger partial charge in [0.05, 0.1) is 0 Å². The van der Waals surface area contributed by atoms with Crippen LogP contribution in [0.5, 0.6) is 0 Å². The Kier molecular flexibility index (Phi) is 2.67. The number of carbonyl (C=O) groups is 1. The molecule has 2 atom stereocenters. The molecule has 2 fully saturated rings. The molecule has 0 aromatic carbocycles. The summed E-state index contributed by atoms with van der Waals surface area (Å²) in [6.07, 6.45) is 4.17. The van der Waals surface area contributed by atoms with Crippen molar-refractivity contribution in [1.29, 1.82) is 0 Å². The summed E-state index contributed by atoms with van der Waals surface area (Å²) in [6.45, 7) is 0. The molecule has 2 aliphatic rings. The summed E-state index contributed by atoms with van der Waals surface area (Å²) in [5, 5.41) is 2.98. The first-order chi connectivity index (χ1) is 6.25. The Morgan fingerprint density at radius 1 is 1.31 bits per heavy atom. The molecule has 0 aromatic rings. The lowest BCUT2D eigenvalue weighted by Crippen LogP contribution is -2.41. The number of nitrogens with one attached hydrogen (secondary N) is 1. The Morgan fingerprint density at radius 3 is 2.54 bits per heavy atom. The van der Waals surface area contributed by atoms with Crippen LogP contribution in [0.25, 0.3) is 0 Å². The zero-order chi connectivity index (χ0) is 9.26. The summed E-state index contributed by atoms with van der Waals surface area (Å²) < 4.78 is 11.0. The van der Waals surface area contributed by atoms with Gasteiger partial charge in [0.15, 0.2) is 0 Å². The molecule has 1 saturated heterocycles. The van der Waals surface area contributed by atoms with Gasteiger partial charge in [0.25, 0.3) is 0 Å². The minimum absolute atomic E-state index is 0.189. The molecule has 74 valence electrons. The summed E-state index contributed by atoms with van der Waals surface area (Å²) >= 11 is 0. The third-order valence-corrected chi connectivity index (χ3v) is 4.37. The average Bonchev–Trinajstić information content (AvgIpc) is 2.31. The lowest BCUT2D eigenvalue weighted by Gasteiger charge is -2.25. The first-order valence-electron chi connectivity index (χ1n) is 4.91. The summed E-state index contributed by atoms with van der Waals surface area (Å²) in [7, 11) is -0.681. The van der Waals surface area contributed by atoms with E-state index in [9.17, 15) is 9.00 Å². The Morgan fingerprint density at radius 2 is 2.08 bits per heavy atom. The highest BCUT2D eigenvalue weighted by atomic mass is 32.2. The minimum Gasteiger partial charge on any atom is -0.352 e. The van der Waals surface area contributed by atoms with Gasteiger partial charge < -0.3 is 5.32 Å². The molecule has 0 radical (unpaired) electrons. The molecular formula is C9H15NO2S. The van der Waals surface area contributed by atoms with Crippen LogP contribution in [-0.4, -0.2) is 27.7 Å². The smallest absolute Gasteiger partial charge is 0.223 e. The van der Waals surface area contributed by atoms with E-state index < -0.39 is 10.8 Å². The fourth-order valence-corrected chi connectivity index (χ4v) is 3.18. The minimum atomic E-state index is -0.681. The van der Waals surface area contributed by atoms with Gasteiger partial charge in [-0.05, 0) is 19.3 Å². The highest BCUT2D eigenvalue weighted by Gasteiger charge is 2.29. The lowest BCUT2D eigenvalue weighted by molar-refractivity contribution is -0.127.